The number of ether oxygens (including phenoxy) is 6. The first-order chi connectivity index (χ1) is 18.2. The summed E-state index contributed by atoms with van der Waals surface area (Å²) in [6.45, 7) is 2.47. The van der Waals surface area contributed by atoms with Crippen LogP contribution in [0, 0.1) is 6.92 Å². The van der Waals surface area contributed by atoms with Crippen LogP contribution in [0.25, 0.3) is 0 Å². The zero-order chi connectivity index (χ0) is 28.0. The number of carbonyl (C=O) groups is 1. The van der Waals surface area contributed by atoms with Gasteiger partial charge in [0.15, 0.2) is 0 Å². The van der Waals surface area contributed by atoms with E-state index in [9.17, 15) is 13.2 Å². The molecule has 0 aromatic heterocycles. The van der Waals surface area contributed by atoms with E-state index in [1.54, 1.807) is 35.7 Å². The molecule has 1 aliphatic rings. The molecule has 0 bridgehead atoms. The largest absolute Gasteiger partial charge is 0.359 e. The lowest BCUT2D eigenvalue weighted by atomic mass is 10.0. The third kappa shape index (κ3) is 10.9. The van der Waals surface area contributed by atoms with E-state index >= 15 is 0 Å². The Labute approximate surface area is 234 Å². The molecule has 11 nitrogen and oxygen atoms in total. The SMILES string of the molecule is COCO[C@@H]([C@H](OCOC)[C@@H](NC(C)=O)C1SCCCS1)[C@@H](COS(=O)(=O)c1ccc(C)cc1)OCOC. The Kier molecular flexibility index (Phi) is 15.5. The first kappa shape index (κ1) is 33.3. The molecule has 0 unspecified atom stereocenters. The van der Waals surface area contributed by atoms with Crippen molar-refractivity contribution in [3.05, 3.63) is 29.8 Å². The number of aryl methyl sites for hydroxylation is 1. The average Bonchev–Trinajstić information content (AvgIpc) is 2.90. The predicted molar refractivity (Wildman–Crippen MR) is 145 cm³/mol. The van der Waals surface area contributed by atoms with Gasteiger partial charge in [0.1, 0.15) is 38.7 Å². The number of thioether (sulfide) groups is 2. The van der Waals surface area contributed by atoms with Gasteiger partial charge in [-0.3, -0.25) is 8.98 Å². The van der Waals surface area contributed by atoms with Crippen LogP contribution in [0.2, 0.25) is 0 Å². The van der Waals surface area contributed by atoms with Gasteiger partial charge in [0.25, 0.3) is 10.1 Å². The van der Waals surface area contributed by atoms with Crippen molar-refractivity contribution >= 4 is 39.5 Å². The van der Waals surface area contributed by atoms with Gasteiger partial charge in [0, 0.05) is 28.3 Å². The van der Waals surface area contributed by atoms with Crippen molar-refractivity contribution in [2.45, 2.75) is 54.1 Å². The van der Waals surface area contributed by atoms with Crippen LogP contribution >= 0.6 is 23.5 Å². The normalized spacial score (nSPS) is 18.0. The van der Waals surface area contributed by atoms with Crippen molar-refractivity contribution in [3.8, 4) is 0 Å². The van der Waals surface area contributed by atoms with E-state index in [1.807, 2.05) is 6.92 Å². The van der Waals surface area contributed by atoms with E-state index < -0.39 is 41.1 Å². The first-order valence-electron chi connectivity index (χ1n) is 12.0. The molecule has 2 rings (SSSR count). The van der Waals surface area contributed by atoms with Crippen LogP contribution in [0.3, 0.4) is 0 Å². The summed E-state index contributed by atoms with van der Waals surface area (Å²) in [5, 5.41) is 3.00. The second-order valence-corrected chi connectivity index (χ2v) is 12.8. The molecule has 1 heterocycles. The molecule has 1 N–H and O–H groups in total. The molecular formula is C24H39NO10S3. The number of amides is 1. The van der Waals surface area contributed by atoms with Gasteiger partial charge < -0.3 is 33.7 Å². The second-order valence-electron chi connectivity index (χ2n) is 8.43. The summed E-state index contributed by atoms with van der Waals surface area (Å²) in [7, 11) is 0.284. The van der Waals surface area contributed by atoms with E-state index in [1.165, 1.54) is 40.4 Å². The van der Waals surface area contributed by atoms with Crippen molar-refractivity contribution < 1.29 is 45.8 Å². The van der Waals surface area contributed by atoms with Crippen LogP contribution in [0.5, 0.6) is 0 Å². The summed E-state index contributed by atoms with van der Waals surface area (Å²) in [6.07, 6.45) is -1.68. The van der Waals surface area contributed by atoms with E-state index in [2.05, 4.69) is 5.32 Å². The van der Waals surface area contributed by atoms with Crippen LogP contribution < -0.4 is 5.32 Å². The second kappa shape index (κ2) is 17.7. The molecule has 1 aromatic rings. The highest BCUT2D eigenvalue weighted by atomic mass is 32.2. The van der Waals surface area contributed by atoms with E-state index in [0.717, 1.165) is 23.5 Å². The van der Waals surface area contributed by atoms with E-state index in [4.69, 9.17) is 32.6 Å². The molecule has 4 atom stereocenters. The van der Waals surface area contributed by atoms with Crippen LogP contribution in [-0.2, 0) is 47.5 Å². The summed E-state index contributed by atoms with van der Waals surface area (Å²) in [6, 6.07) is 5.80. The van der Waals surface area contributed by atoms with Crippen molar-refractivity contribution in [2.24, 2.45) is 0 Å². The predicted octanol–water partition coefficient (Wildman–Crippen LogP) is 2.37. The van der Waals surface area contributed by atoms with Gasteiger partial charge >= 0.3 is 0 Å². The van der Waals surface area contributed by atoms with Crippen LogP contribution in [0.4, 0.5) is 0 Å². The number of hydrogen-bond donors (Lipinski definition) is 1. The number of benzene rings is 1. The van der Waals surface area contributed by atoms with Gasteiger partial charge in [-0.15, -0.1) is 23.5 Å². The molecule has 1 saturated heterocycles. The molecule has 0 saturated carbocycles. The molecule has 0 radical (unpaired) electrons. The third-order valence-corrected chi connectivity index (χ3v) is 9.82. The summed E-state index contributed by atoms with van der Waals surface area (Å²) >= 11 is 3.42. The van der Waals surface area contributed by atoms with Crippen LogP contribution in [-0.4, -0.2) is 103 Å². The molecule has 1 aromatic carbocycles. The highest BCUT2D eigenvalue weighted by molar-refractivity contribution is 8.17. The summed E-state index contributed by atoms with van der Waals surface area (Å²) < 4.78 is 64.7. The van der Waals surface area contributed by atoms with Gasteiger partial charge in [-0.1, -0.05) is 17.7 Å². The number of carbonyl (C=O) groups excluding carboxylic acids is 1. The van der Waals surface area contributed by atoms with Gasteiger partial charge in [0.2, 0.25) is 5.91 Å². The topological polar surface area (TPSA) is 128 Å². The Bertz CT molecular complexity index is 913. The molecule has 14 heteroatoms. The maximum atomic E-state index is 12.9. The fourth-order valence-electron chi connectivity index (χ4n) is 3.69. The van der Waals surface area contributed by atoms with Gasteiger partial charge in [-0.05, 0) is 37.0 Å². The van der Waals surface area contributed by atoms with E-state index in [-0.39, 0.29) is 35.8 Å². The number of nitrogens with one attached hydrogen (secondary N) is 1. The zero-order valence-electron chi connectivity index (χ0n) is 22.5. The molecule has 0 aliphatic carbocycles. The minimum Gasteiger partial charge on any atom is -0.359 e. The summed E-state index contributed by atoms with van der Waals surface area (Å²) in [5.74, 6) is 1.61. The Morgan fingerprint density at radius 3 is 2.05 bits per heavy atom. The maximum Gasteiger partial charge on any atom is 0.297 e. The lowest BCUT2D eigenvalue weighted by molar-refractivity contribution is -0.216. The Balaban J connectivity index is 2.40. The Morgan fingerprint density at radius 1 is 0.947 bits per heavy atom. The van der Waals surface area contributed by atoms with Crippen molar-refractivity contribution in [1.29, 1.82) is 0 Å². The van der Waals surface area contributed by atoms with E-state index in [0.29, 0.717) is 0 Å². The van der Waals surface area contributed by atoms with Gasteiger partial charge in [0.05, 0.1) is 22.1 Å². The molecule has 1 fully saturated rings. The number of hydrogen-bond acceptors (Lipinski definition) is 12. The van der Waals surface area contributed by atoms with Crippen LogP contribution in [0.1, 0.15) is 18.9 Å². The molecule has 218 valence electrons. The van der Waals surface area contributed by atoms with Crippen molar-refractivity contribution in [2.75, 3.05) is 59.8 Å². The molecule has 38 heavy (non-hydrogen) atoms. The molecular weight excluding hydrogens is 558 g/mol. The number of methoxy groups -OCH3 is 3. The number of rotatable bonds is 18. The monoisotopic (exact) mass is 597 g/mol. The maximum absolute atomic E-state index is 12.9. The zero-order valence-corrected chi connectivity index (χ0v) is 24.9. The smallest absolute Gasteiger partial charge is 0.297 e. The van der Waals surface area contributed by atoms with Gasteiger partial charge in [-0.2, -0.15) is 8.42 Å². The average molecular weight is 598 g/mol. The highest BCUT2D eigenvalue weighted by Crippen LogP contribution is 2.36. The molecule has 0 spiro atoms. The minimum absolute atomic E-state index is 0.0151. The quantitative estimate of drug-likeness (QED) is 0.197. The third-order valence-electron chi connectivity index (χ3n) is 5.41. The van der Waals surface area contributed by atoms with Crippen molar-refractivity contribution in [3.63, 3.8) is 0 Å². The van der Waals surface area contributed by atoms with Crippen LogP contribution in [0.15, 0.2) is 29.2 Å². The lowest BCUT2D eigenvalue weighted by Gasteiger charge is -2.40. The minimum atomic E-state index is -4.10. The standard InChI is InChI=1S/C24H39NO10S3/c1-17-7-9-19(10-8-17)38(27,28)35-13-20(32-14-29-3)22(33-15-30-4)23(34-16-31-5)21(25-18(2)26)24-36-11-6-12-37-24/h7-10,20-24H,6,11-16H2,1-5H3,(H,25,26)/t20-,21-,22-,23-/m1/s1. The van der Waals surface area contributed by atoms with Crippen molar-refractivity contribution in [1.82, 2.24) is 5.32 Å². The fraction of sp³-hybridized carbons (Fsp3) is 0.708. The highest BCUT2D eigenvalue weighted by Gasteiger charge is 2.43. The fourth-order valence-corrected chi connectivity index (χ4v) is 7.70. The molecule has 1 amide bonds. The molecule has 1 aliphatic heterocycles. The first-order valence-corrected chi connectivity index (χ1v) is 15.5. The Morgan fingerprint density at radius 2 is 1.50 bits per heavy atom. The summed E-state index contributed by atoms with van der Waals surface area (Å²) in [4.78, 5) is 12.3. The Hall–Kier alpha value is -0.940. The lowest BCUT2D eigenvalue weighted by Crippen LogP contribution is -2.59. The van der Waals surface area contributed by atoms with Gasteiger partial charge in [-0.25, -0.2) is 0 Å². The summed E-state index contributed by atoms with van der Waals surface area (Å²) in [5.41, 5.74) is 0.916.